The maximum absolute atomic E-state index is 11.8. The summed E-state index contributed by atoms with van der Waals surface area (Å²) < 4.78 is 1.85. The van der Waals surface area contributed by atoms with Crippen molar-refractivity contribution in [1.29, 1.82) is 0 Å². The molecule has 0 aromatic carbocycles. The zero-order valence-corrected chi connectivity index (χ0v) is 12.0. The van der Waals surface area contributed by atoms with E-state index < -0.39 is 0 Å². The van der Waals surface area contributed by atoms with Gasteiger partial charge in [-0.1, -0.05) is 0 Å². The highest BCUT2D eigenvalue weighted by molar-refractivity contribution is 6.04. The second kappa shape index (κ2) is 5.31. The average molecular weight is 290 g/mol. The molecule has 0 bridgehead atoms. The van der Waals surface area contributed by atoms with Gasteiger partial charge < -0.3 is 5.32 Å². The Balaban J connectivity index is 1.52. The van der Waals surface area contributed by atoms with Gasteiger partial charge >= 0.3 is 0 Å². The third-order valence-electron chi connectivity index (χ3n) is 3.89. The number of aromatic nitrogens is 2. The van der Waals surface area contributed by atoms with Gasteiger partial charge in [-0.05, 0) is 18.9 Å². The first-order valence-corrected chi connectivity index (χ1v) is 7.17. The van der Waals surface area contributed by atoms with Gasteiger partial charge in [-0.25, -0.2) is 0 Å². The van der Waals surface area contributed by atoms with E-state index in [1.54, 1.807) is 0 Å². The summed E-state index contributed by atoms with van der Waals surface area (Å²) in [5.41, 5.74) is 2.00. The van der Waals surface area contributed by atoms with Crippen LogP contribution in [0, 0.1) is 0 Å². The molecular weight excluding hydrogens is 272 g/mol. The molecule has 7 nitrogen and oxygen atoms in total. The number of aryl methyl sites for hydroxylation is 1. The van der Waals surface area contributed by atoms with E-state index in [2.05, 4.69) is 10.4 Å². The van der Waals surface area contributed by atoms with E-state index in [9.17, 15) is 14.4 Å². The van der Waals surface area contributed by atoms with E-state index in [1.165, 1.54) is 18.5 Å². The van der Waals surface area contributed by atoms with Gasteiger partial charge in [0.05, 0.1) is 12.2 Å². The lowest BCUT2D eigenvalue weighted by Crippen LogP contribution is -2.39. The Labute approximate surface area is 122 Å². The summed E-state index contributed by atoms with van der Waals surface area (Å²) in [5, 5.41) is 7.07. The molecule has 1 aliphatic carbocycles. The zero-order valence-electron chi connectivity index (χ0n) is 12.0. The standard InChI is InChI=1S/C14H18N4O3/c1-17-11(9-2-3-9)6-10(16-17)7-15-12(19)8-18-13(20)4-5-14(18)21/h6,9H,2-5,7-8H2,1H3,(H,15,19). The number of hydrogen-bond acceptors (Lipinski definition) is 4. The number of amides is 3. The molecule has 0 unspecified atom stereocenters. The molecule has 1 saturated heterocycles. The van der Waals surface area contributed by atoms with Gasteiger partial charge in [-0.2, -0.15) is 5.10 Å². The van der Waals surface area contributed by atoms with Gasteiger partial charge in [-0.15, -0.1) is 0 Å². The smallest absolute Gasteiger partial charge is 0.240 e. The highest BCUT2D eigenvalue weighted by atomic mass is 16.2. The Morgan fingerprint density at radius 2 is 2.00 bits per heavy atom. The minimum Gasteiger partial charge on any atom is -0.349 e. The Kier molecular flexibility index (Phi) is 3.48. The topological polar surface area (TPSA) is 84.3 Å². The van der Waals surface area contributed by atoms with E-state index in [1.807, 2.05) is 17.8 Å². The number of imide groups is 1. The van der Waals surface area contributed by atoms with E-state index in [4.69, 9.17) is 0 Å². The highest BCUT2D eigenvalue weighted by Crippen LogP contribution is 2.39. The SMILES string of the molecule is Cn1nc(CNC(=O)CN2C(=O)CCC2=O)cc1C1CC1. The molecule has 7 heteroatoms. The van der Waals surface area contributed by atoms with Crippen molar-refractivity contribution < 1.29 is 14.4 Å². The van der Waals surface area contributed by atoms with Crippen LogP contribution in [0.3, 0.4) is 0 Å². The van der Waals surface area contributed by atoms with Crippen LogP contribution in [0.1, 0.15) is 43.0 Å². The minimum atomic E-state index is -0.336. The van der Waals surface area contributed by atoms with Crippen molar-refractivity contribution in [3.05, 3.63) is 17.5 Å². The molecule has 1 saturated carbocycles. The second-order valence-corrected chi connectivity index (χ2v) is 5.61. The number of nitrogens with one attached hydrogen (secondary N) is 1. The molecule has 0 atom stereocenters. The van der Waals surface area contributed by atoms with Crippen molar-refractivity contribution in [3.8, 4) is 0 Å². The average Bonchev–Trinajstić information content (AvgIpc) is 3.16. The second-order valence-electron chi connectivity index (χ2n) is 5.61. The van der Waals surface area contributed by atoms with Gasteiger partial charge in [0.25, 0.3) is 0 Å². The molecule has 112 valence electrons. The molecule has 21 heavy (non-hydrogen) atoms. The molecule has 1 aliphatic heterocycles. The molecule has 3 amide bonds. The lowest BCUT2D eigenvalue weighted by Gasteiger charge is -2.12. The first-order chi connectivity index (χ1) is 10.0. The molecule has 1 aromatic heterocycles. The molecule has 1 aromatic rings. The summed E-state index contributed by atoms with van der Waals surface area (Å²) in [6, 6.07) is 2.00. The van der Waals surface area contributed by atoms with Crippen LogP contribution >= 0.6 is 0 Å². The van der Waals surface area contributed by atoms with Gasteiger partial charge in [0.1, 0.15) is 6.54 Å². The van der Waals surface area contributed by atoms with Crippen molar-refractivity contribution in [2.24, 2.45) is 7.05 Å². The maximum atomic E-state index is 11.8. The summed E-state index contributed by atoms with van der Waals surface area (Å²) in [7, 11) is 1.90. The Morgan fingerprint density at radius 3 is 2.62 bits per heavy atom. The van der Waals surface area contributed by atoms with Crippen molar-refractivity contribution in [2.45, 2.75) is 38.1 Å². The van der Waals surface area contributed by atoms with Crippen LogP contribution in [0.15, 0.2) is 6.07 Å². The zero-order chi connectivity index (χ0) is 15.0. The van der Waals surface area contributed by atoms with Crippen LogP contribution in [0.5, 0.6) is 0 Å². The highest BCUT2D eigenvalue weighted by Gasteiger charge is 2.30. The number of hydrogen-bond donors (Lipinski definition) is 1. The van der Waals surface area contributed by atoms with Crippen LogP contribution in [0.4, 0.5) is 0 Å². The van der Waals surface area contributed by atoms with Crippen molar-refractivity contribution in [2.75, 3.05) is 6.54 Å². The fraction of sp³-hybridized carbons (Fsp3) is 0.571. The molecule has 2 fully saturated rings. The summed E-state index contributed by atoms with van der Waals surface area (Å²) in [5.74, 6) is -0.281. The Morgan fingerprint density at radius 1 is 1.33 bits per heavy atom. The summed E-state index contributed by atoms with van der Waals surface area (Å²) >= 11 is 0. The van der Waals surface area contributed by atoms with Crippen LogP contribution in [-0.2, 0) is 28.0 Å². The predicted octanol–water partition coefficient (Wildman–Crippen LogP) is 0.0627. The number of rotatable bonds is 5. The number of carbonyl (C=O) groups is 3. The van der Waals surface area contributed by atoms with E-state index in [-0.39, 0.29) is 37.1 Å². The van der Waals surface area contributed by atoms with E-state index >= 15 is 0 Å². The molecule has 0 spiro atoms. The molecule has 2 heterocycles. The Hall–Kier alpha value is -2.18. The Bertz CT molecular complexity index is 587. The third kappa shape index (κ3) is 2.96. The molecule has 1 N–H and O–H groups in total. The fourth-order valence-electron chi connectivity index (χ4n) is 2.58. The van der Waals surface area contributed by atoms with Crippen LogP contribution < -0.4 is 5.32 Å². The summed E-state index contributed by atoms with van der Waals surface area (Å²) in [6.45, 7) is 0.121. The van der Waals surface area contributed by atoms with E-state index in [0.717, 1.165) is 10.6 Å². The van der Waals surface area contributed by atoms with Crippen molar-refractivity contribution >= 4 is 17.7 Å². The van der Waals surface area contributed by atoms with Crippen LogP contribution in [0.2, 0.25) is 0 Å². The van der Waals surface area contributed by atoms with Crippen molar-refractivity contribution in [1.82, 2.24) is 20.0 Å². The van der Waals surface area contributed by atoms with Gasteiger partial charge in [0.15, 0.2) is 0 Å². The van der Waals surface area contributed by atoms with Gasteiger partial charge in [0, 0.05) is 31.5 Å². The lowest BCUT2D eigenvalue weighted by molar-refractivity contribution is -0.142. The van der Waals surface area contributed by atoms with Crippen LogP contribution in [0.25, 0.3) is 0 Å². The van der Waals surface area contributed by atoms with Crippen LogP contribution in [-0.4, -0.2) is 38.9 Å². The molecule has 0 radical (unpaired) electrons. The maximum Gasteiger partial charge on any atom is 0.240 e. The minimum absolute atomic E-state index is 0.194. The lowest BCUT2D eigenvalue weighted by atomic mass is 10.2. The largest absolute Gasteiger partial charge is 0.349 e. The van der Waals surface area contributed by atoms with E-state index in [0.29, 0.717) is 12.5 Å². The number of carbonyl (C=O) groups excluding carboxylic acids is 3. The quantitative estimate of drug-likeness (QED) is 0.777. The predicted molar refractivity (Wildman–Crippen MR) is 73.0 cm³/mol. The fourth-order valence-corrected chi connectivity index (χ4v) is 2.58. The monoisotopic (exact) mass is 290 g/mol. The van der Waals surface area contributed by atoms with Gasteiger partial charge in [-0.3, -0.25) is 24.0 Å². The number of likely N-dealkylation sites (tertiary alicyclic amines) is 1. The molecule has 2 aliphatic rings. The first-order valence-electron chi connectivity index (χ1n) is 7.17. The molecular formula is C14H18N4O3. The summed E-state index contributed by atoms with van der Waals surface area (Å²) in [4.78, 5) is 35.7. The number of nitrogens with zero attached hydrogens (tertiary/aromatic N) is 3. The van der Waals surface area contributed by atoms with Gasteiger partial charge in [0.2, 0.25) is 17.7 Å². The third-order valence-corrected chi connectivity index (χ3v) is 3.89. The van der Waals surface area contributed by atoms with Crippen molar-refractivity contribution in [3.63, 3.8) is 0 Å². The summed E-state index contributed by atoms with van der Waals surface area (Å²) in [6.07, 6.45) is 2.81. The first kappa shape index (κ1) is 13.8. The normalized spacial score (nSPS) is 18.4. The molecule has 3 rings (SSSR count).